The van der Waals surface area contributed by atoms with Gasteiger partial charge in [-0.1, -0.05) is 18.2 Å². The molecule has 1 fully saturated rings. The van der Waals surface area contributed by atoms with E-state index in [1.807, 2.05) is 0 Å². The first-order chi connectivity index (χ1) is 11.9. The molecule has 2 aromatic rings. The van der Waals surface area contributed by atoms with Gasteiger partial charge in [0.1, 0.15) is 36.8 Å². The minimum absolute atomic E-state index is 0.0395. The Morgan fingerprint density at radius 1 is 1.50 bits per heavy atom. The van der Waals surface area contributed by atoms with E-state index in [0.29, 0.717) is 16.7 Å². The van der Waals surface area contributed by atoms with Crippen LogP contribution in [0.25, 0.3) is 11.2 Å². The van der Waals surface area contributed by atoms with Gasteiger partial charge >= 0.3 is 0 Å². The second kappa shape index (κ2) is 6.28. The Morgan fingerprint density at radius 3 is 2.77 bits per heavy atom. The molecule has 11 heteroatoms. The molecule has 0 spiro atoms. The lowest BCUT2D eigenvalue weighted by Crippen LogP contribution is -2.44. The van der Waals surface area contributed by atoms with Gasteiger partial charge in [-0.05, 0) is 25.8 Å². The monoisotopic (exact) mass is 401 g/mol. The zero-order chi connectivity index (χ0) is 19.4. The number of nitrogen functional groups attached to an aromatic ring is 1. The Bertz CT molecular complexity index is 924. The van der Waals surface area contributed by atoms with Crippen molar-refractivity contribution in [3.05, 3.63) is 23.6 Å². The highest BCUT2D eigenvalue weighted by Gasteiger charge is 2.55. The SMILES string of the molecule is C=C1[C@H](OCP(C)(C)=O)[C@@H](O)[C@@](C)(O)[C@@H]1n1cnc2c(Cl)nc(N)nc21. The lowest BCUT2D eigenvalue weighted by Gasteiger charge is -2.29. The largest absolute Gasteiger partial charge is 0.387 e. The van der Waals surface area contributed by atoms with Gasteiger partial charge in [-0.2, -0.15) is 9.97 Å². The summed E-state index contributed by atoms with van der Waals surface area (Å²) in [5.74, 6) is -0.0428. The third kappa shape index (κ3) is 3.14. The molecule has 3 rings (SSSR count). The van der Waals surface area contributed by atoms with Crippen molar-refractivity contribution in [1.29, 1.82) is 0 Å². The van der Waals surface area contributed by atoms with Crippen molar-refractivity contribution in [2.45, 2.75) is 30.8 Å². The maximum Gasteiger partial charge on any atom is 0.223 e. The molecule has 142 valence electrons. The fraction of sp³-hybridized carbons (Fsp3) is 0.533. The number of nitrogens with zero attached hydrogens (tertiary/aromatic N) is 4. The maximum absolute atomic E-state index is 11.9. The average Bonchev–Trinajstić information content (AvgIpc) is 2.95. The average molecular weight is 402 g/mol. The summed E-state index contributed by atoms with van der Waals surface area (Å²) in [7, 11) is -2.47. The van der Waals surface area contributed by atoms with Crippen molar-refractivity contribution in [2.24, 2.45) is 0 Å². The van der Waals surface area contributed by atoms with Gasteiger partial charge in [0.25, 0.3) is 0 Å². The molecule has 0 unspecified atom stereocenters. The van der Waals surface area contributed by atoms with Gasteiger partial charge in [0.2, 0.25) is 5.95 Å². The summed E-state index contributed by atoms with van der Waals surface area (Å²) in [6.45, 7) is 8.61. The molecule has 0 amide bonds. The van der Waals surface area contributed by atoms with Crippen LogP contribution in [0.5, 0.6) is 0 Å². The van der Waals surface area contributed by atoms with Crippen LogP contribution in [-0.4, -0.2) is 67.2 Å². The van der Waals surface area contributed by atoms with Crippen LogP contribution in [0.15, 0.2) is 18.5 Å². The van der Waals surface area contributed by atoms with Gasteiger partial charge in [0.15, 0.2) is 10.8 Å². The first-order valence-electron chi connectivity index (χ1n) is 7.83. The highest BCUT2D eigenvalue weighted by Crippen LogP contribution is 2.47. The lowest BCUT2D eigenvalue weighted by molar-refractivity contribution is -0.0977. The molecule has 9 nitrogen and oxygen atoms in total. The number of anilines is 1. The van der Waals surface area contributed by atoms with E-state index < -0.39 is 31.0 Å². The zero-order valence-electron chi connectivity index (χ0n) is 14.6. The number of rotatable bonds is 4. The van der Waals surface area contributed by atoms with Gasteiger partial charge in [0.05, 0.1) is 12.4 Å². The Labute approximate surface area is 155 Å². The van der Waals surface area contributed by atoms with E-state index in [4.69, 9.17) is 22.1 Å². The van der Waals surface area contributed by atoms with Gasteiger partial charge in [-0.15, -0.1) is 0 Å². The molecule has 0 bridgehead atoms. The van der Waals surface area contributed by atoms with Crippen molar-refractivity contribution in [3.8, 4) is 0 Å². The van der Waals surface area contributed by atoms with E-state index in [-0.39, 0.29) is 17.4 Å². The summed E-state index contributed by atoms with van der Waals surface area (Å²) in [5.41, 5.74) is 5.06. The Morgan fingerprint density at radius 2 is 2.15 bits per heavy atom. The molecule has 0 saturated heterocycles. The Balaban J connectivity index is 2.05. The van der Waals surface area contributed by atoms with Crippen LogP contribution >= 0.6 is 18.7 Å². The molecule has 4 atom stereocenters. The number of imidazole rings is 1. The smallest absolute Gasteiger partial charge is 0.223 e. The quantitative estimate of drug-likeness (QED) is 0.395. The molecule has 2 aromatic heterocycles. The highest BCUT2D eigenvalue weighted by molar-refractivity contribution is 7.62. The van der Waals surface area contributed by atoms with E-state index in [2.05, 4.69) is 21.5 Å². The molecule has 2 heterocycles. The minimum Gasteiger partial charge on any atom is -0.387 e. The molecule has 4 N–H and O–H groups in total. The van der Waals surface area contributed by atoms with Crippen LogP contribution in [0.4, 0.5) is 5.95 Å². The predicted octanol–water partition coefficient (Wildman–Crippen LogP) is 1.25. The maximum atomic E-state index is 11.9. The Hall–Kier alpha value is -1.51. The van der Waals surface area contributed by atoms with E-state index in [9.17, 15) is 14.8 Å². The van der Waals surface area contributed by atoms with Crippen LogP contribution in [0.1, 0.15) is 13.0 Å². The summed E-state index contributed by atoms with van der Waals surface area (Å²) >= 11 is 6.05. The van der Waals surface area contributed by atoms with Crippen LogP contribution in [-0.2, 0) is 9.30 Å². The van der Waals surface area contributed by atoms with Crippen molar-refractivity contribution in [3.63, 3.8) is 0 Å². The van der Waals surface area contributed by atoms with Gasteiger partial charge < -0.3 is 29.8 Å². The highest BCUT2D eigenvalue weighted by atomic mass is 35.5. The molecule has 0 aliphatic heterocycles. The molecule has 0 aromatic carbocycles. The topological polar surface area (TPSA) is 136 Å². The van der Waals surface area contributed by atoms with Crippen LogP contribution in [0, 0.1) is 0 Å². The number of aliphatic hydroxyl groups is 2. The standard InChI is InChI=1S/C15H21ClN5O4P/c1-7-9(25-6-26(3,4)24)11(22)15(2,23)10(7)21-5-18-8-12(16)19-14(17)20-13(8)21/h5,9-11,22-23H,1,6H2,2-4H3,(H2,17,19,20)/t9-,10+,11+,15-/m0/s1. The summed E-state index contributed by atoms with van der Waals surface area (Å²) in [6, 6.07) is -0.800. The van der Waals surface area contributed by atoms with Gasteiger partial charge in [-0.25, -0.2) is 4.98 Å². The zero-order valence-corrected chi connectivity index (χ0v) is 16.3. The number of aromatic nitrogens is 4. The van der Waals surface area contributed by atoms with Crippen molar-refractivity contribution >= 4 is 35.9 Å². The molecule has 0 radical (unpaired) electrons. The third-order valence-corrected chi connectivity index (χ3v) is 5.43. The summed E-state index contributed by atoms with van der Waals surface area (Å²) in [4.78, 5) is 12.2. The number of hydrogen-bond acceptors (Lipinski definition) is 8. The van der Waals surface area contributed by atoms with Crippen LogP contribution in [0.3, 0.4) is 0 Å². The fourth-order valence-electron chi connectivity index (χ4n) is 3.21. The summed E-state index contributed by atoms with van der Waals surface area (Å²) < 4.78 is 19.1. The summed E-state index contributed by atoms with van der Waals surface area (Å²) in [5, 5.41) is 21.6. The van der Waals surface area contributed by atoms with Crippen LogP contribution < -0.4 is 5.73 Å². The number of aliphatic hydroxyl groups excluding tert-OH is 1. The number of halogens is 1. The van der Waals surface area contributed by atoms with Crippen LogP contribution in [0.2, 0.25) is 5.15 Å². The number of fused-ring (bicyclic) bond motifs is 1. The second-order valence-corrected chi connectivity index (χ2v) is 10.9. The second-order valence-electron chi connectivity index (χ2n) is 7.14. The third-order valence-electron chi connectivity index (χ3n) is 4.40. The molecule has 1 saturated carbocycles. The van der Waals surface area contributed by atoms with E-state index in [1.54, 1.807) is 13.3 Å². The minimum atomic E-state index is -2.47. The lowest BCUT2D eigenvalue weighted by atomic mass is 9.97. The Kier molecular flexibility index (Phi) is 4.65. The van der Waals surface area contributed by atoms with Crippen molar-refractivity contribution < 1.29 is 19.5 Å². The predicted molar refractivity (Wildman–Crippen MR) is 98.7 cm³/mol. The molecular formula is C15H21ClN5O4P. The molecule has 1 aliphatic rings. The van der Waals surface area contributed by atoms with E-state index >= 15 is 0 Å². The normalized spacial score (nSPS) is 29.6. The van der Waals surface area contributed by atoms with E-state index in [0.717, 1.165) is 0 Å². The number of hydrogen-bond donors (Lipinski definition) is 3. The van der Waals surface area contributed by atoms with Crippen molar-refractivity contribution in [2.75, 3.05) is 25.4 Å². The van der Waals surface area contributed by atoms with Crippen molar-refractivity contribution in [1.82, 2.24) is 19.5 Å². The number of nitrogens with two attached hydrogens (primary N) is 1. The fourth-order valence-corrected chi connectivity index (χ4v) is 3.95. The van der Waals surface area contributed by atoms with E-state index in [1.165, 1.54) is 17.8 Å². The number of ether oxygens (including phenoxy) is 1. The van der Waals surface area contributed by atoms with Gasteiger partial charge in [-0.3, -0.25) is 0 Å². The molecule has 1 aliphatic carbocycles. The first kappa shape index (κ1) is 19.3. The molecule has 26 heavy (non-hydrogen) atoms. The summed E-state index contributed by atoms with van der Waals surface area (Å²) in [6.07, 6.45) is -0.787. The first-order valence-corrected chi connectivity index (χ1v) is 11.0. The van der Waals surface area contributed by atoms with Gasteiger partial charge in [0, 0.05) is 0 Å². The molecular weight excluding hydrogens is 381 g/mol.